The minimum atomic E-state index is 0. The second-order valence-electron chi connectivity index (χ2n) is 5.04. The summed E-state index contributed by atoms with van der Waals surface area (Å²) < 4.78 is 1.18. The van der Waals surface area contributed by atoms with Crippen LogP contribution < -0.4 is 5.32 Å². The zero-order valence-corrected chi connectivity index (χ0v) is 13.1. The number of rotatable bonds is 2. The second kappa shape index (κ2) is 6.57. The molecular formula is C15H19ClN2OS. The Morgan fingerprint density at radius 1 is 1.30 bits per heavy atom. The van der Waals surface area contributed by atoms with E-state index in [1.54, 1.807) is 11.3 Å². The number of hydrogen-bond donors (Lipinski definition) is 1. The summed E-state index contributed by atoms with van der Waals surface area (Å²) in [6.45, 7) is 2.01. The fourth-order valence-corrected chi connectivity index (χ4v) is 3.63. The first kappa shape index (κ1) is 15.3. The molecule has 1 N–H and O–H groups in total. The molecule has 0 spiro atoms. The van der Waals surface area contributed by atoms with Crippen molar-refractivity contribution >= 4 is 39.7 Å². The second-order valence-corrected chi connectivity index (χ2v) is 5.95. The van der Waals surface area contributed by atoms with Crippen molar-refractivity contribution in [1.82, 2.24) is 10.2 Å². The van der Waals surface area contributed by atoms with Gasteiger partial charge in [0.1, 0.15) is 0 Å². The maximum Gasteiger partial charge on any atom is 0.255 e. The predicted molar refractivity (Wildman–Crippen MR) is 87.1 cm³/mol. The van der Waals surface area contributed by atoms with Gasteiger partial charge < -0.3 is 10.2 Å². The average Bonchev–Trinajstić information content (AvgIpc) is 2.90. The van der Waals surface area contributed by atoms with Crippen molar-refractivity contribution < 1.29 is 4.79 Å². The molecule has 2 heterocycles. The molecule has 1 amide bonds. The molecule has 108 valence electrons. The van der Waals surface area contributed by atoms with Crippen LogP contribution in [0.1, 0.15) is 23.2 Å². The minimum absolute atomic E-state index is 0. The lowest BCUT2D eigenvalue weighted by Crippen LogP contribution is -2.43. The molecule has 0 radical (unpaired) electrons. The Bertz CT molecular complexity index is 592. The fraction of sp³-hybridized carbons (Fsp3) is 0.400. The number of halogens is 1. The monoisotopic (exact) mass is 310 g/mol. The normalized spacial score (nSPS) is 15.8. The highest BCUT2D eigenvalue weighted by Gasteiger charge is 2.24. The molecule has 0 bridgehead atoms. The van der Waals surface area contributed by atoms with Gasteiger partial charge in [0, 0.05) is 28.6 Å². The maximum absolute atomic E-state index is 12.6. The highest BCUT2D eigenvalue weighted by molar-refractivity contribution is 7.17. The fourth-order valence-electron chi connectivity index (χ4n) is 2.69. The van der Waals surface area contributed by atoms with Gasteiger partial charge in [-0.25, -0.2) is 0 Å². The standard InChI is InChI=1S/C15H18N2OS.ClH/c1-17(11-6-8-16-9-7-11)15(18)13-10-19-14-5-3-2-4-12(13)14;/h2-5,10-11,16H,6-9H2,1H3;1H. The Labute approximate surface area is 129 Å². The van der Waals surface area contributed by atoms with Crippen molar-refractivity contribution in [3.63, 3.8) is 0 Å². The van der Waals surface area contributed by atoms with Gasteiger partial charge in [-0.15, -0.1) is 23.7 Å². The van der Waals surface area contributed by atoms with Crippen LogP contribution in [0.25, 0.3) is 10.1 Å². The van der Waals surface area contributed by atoms with Crippen molar-refractivity contribution in [3.05, 3.63) is 35.2 Å². The van der Waals surface area contributed by atoms with Crippen molar-refractivity contribution in [2.45, 2.75) is 18.9 Å². The molecule has 0 atom stereocenters. The number of nitrogens with one attached hydrogen (secondary N) is 1. The van der Waals surface area contributed by atoms with E-state index in [-0.39, 0.29) is 18.3 Å². The Morgan fingerprint density at radius 2 is 2.00 bits per heavy atom. The van der Waals surface area contributed by atoms with E-state index < -0.39 is 0 Å². The molecule has 0 aliphatic carbocycles. The van der Waals surface area contributed by atoms with Gasteiger partial charge in [-0.3, -0.25) is 4.79 Å². The molecule has 1 aromatic carbocycles. The number of nitrogens with zero attached hydrogens (tertiary/aromatic N) is 1. The summed E-state index contributed by atoms with van der Waals surface area (Å²) in [4.78, 5) is 14.6. The maximum atomic E-state index is 12.6. The smallest absolute Gasteiger partial charge is 0.255 e. The topological polar surface area (TPSA) is 32.3 Å². The number of piperidine rings is 1. The Hall–Kier alpha value is -1.10. The van der Waals surface area contributed by atoms with Gasteiger partial charge in [0.05, 0.1) is 5.56 Å². The molecule has 1 saturated heterocycles. The Kier molecular flexibility index (Phi) is 5.02. The van der Waals surface area contributed by atoms with Crippen LogP contribution in [0.3, 0.4) is 0 Å². The molecule has 20 heavy (non-hydrogen) atoms. The van der Waals surface area contributed by atoms with Gasteiger partial charge >= 0.3 is 0 Å². The summed E-state index contributed by atoms with van der Waals surface area (Å²) in [5.74, 6) is 0.157. The van der Waals surface area contributed by atoms with Crippen molar-refractivity contribution in [2.75, 3.05) is 20.1 Å². The van der Waals surface area contributed by atoms with Gasteiger partial charge in [0.15, 0.2) is 0 Å². The highest BCUT2D eigenvalue weighted by Crippen LogP contribution is 2.27. The summed E-state index contributed by atoms with van der Waals surface area (Å²) in [6, 6.07) is 8.49. The summed E-state index contributed by atoms with van der Waals surface area (Å²) in [5.41, 5.74) is 0.849. The molecule has 5 heteroatoms. The van der Waals surface area contributed by atoms with Gasteiger partial charge in [0.25, 0.3) is 5.91 Å². The molecule has 1 aliphatic heterocycles. The van der Waals surface area contributed by atoms with E-state index in [0.717, 1.165) is 36.9 Å². The van der Waals surface area contributed by atoms with E-state index in [2.05, 4.69) is 11.4 Å². The highest BCUT2D eigenvalue weighted by atomic mass is 35.5. The number of amides is 1. The number of benzene rings is 1. The first-order valence-electron chi connectivity index (χ1n) is 6.71. The number of carbonyl (C=O) groups excluding carboxylic acids is 1. The third-order valence-corrected chi connectivity index (χ3v) is 4.85. The lowest BCUT2D eigenvalue weighted by molar-refractivity contribution is 0.0705. The van der Waals surface area contributed by atoms with Crippen LogP contribution >= 0.6 is 23.7 Å². The summed E-state index contributed by atoms with van der Waals surface area (Å²) in [6.07, 6.45) is 2.09. The Morgan fingerprint density at radius 3 is 2.75 bits per heavy atom. The molecule has 3 nitrogen and oxygen atoms in total. The largest absolute Gasteiger partial charge is 0.339 e. The molecular weight excluding hydrogens is 292 g/mol. The van der Waals surface area contributed by atoms with E-state index >= 15 is 0 Å². The predicted octanol–water partition coefficient (Wildman–Crippen LogP) is 3.15. The van der Waals surface area contributed by atoms with Crippen LogP contribution in [-0.4, -0.2) is 37.0 Å². The zero-order valence-electron chi connectivity index (χ0n) is 11.5. The molecule has 3 rings (SSSR count). The third kappa shape index (κ3) is 2.82. The van der Waals surface area contributed by atoms with Crippen LogP contribution in [0.15, 0.2) is 29.6 Å². The van der Waals surface area contributed by atoms with Crippen LogP contribution in [-0.2, 0) is 0 Å². The molecule has 2 aromatic rings. The van der Waals surface area contributed by atoms with E-state index in [1.165, 1.54) is 4.70 Å². The van der Waals surface area contributed by atoms with Crippen molar-refractivity contribution in [2.24, 2.45) is 0 Å². The van der Waals surface area contributed by atoms with E-state index in [0.29, 0.717) is 6.04 Å². The molecule has 1 aromatic heterocycles. The quantitative estimate of drug-likeness (QED) is 0.924. The van der Waals surface area contributed by atoms with Crippen molar-refractivity contribution in [3.8, 4) is 0 Å². The Balaban J connectivity index is 0.00000147. The van der Waals surface area contributed by atoms with Gasteiger partial charge in [-0.1, -0.05) is 18.2 Å². The zero-order chi connectivity index (χ0) is 13.2. The number of hydrogen-bond acceptors (Lipinski definition) is 3. The minimum Gasteiger partial charge on any atom is -0.339 e. The summed E-state index contributed by atoms with van der Waals surface area (Å²) in [7, 11) is 1.94. The van der Waals surface area contributed by atoms with Crippen LogP contribution in [0, 0.1) is 0 Å². The average molecular weight is 311 g/mol. The van der Waals surface area contributed by atoms with Crippen LogP contribution in [0.5, 0.6) is 0 Å². The van der Waals surface area contributed by atoms with Gasteiger partial charge in [0.2, 0.25) is 0 Å². The van der Waals surface area contributed by atoms with E-state index in [9.17, 15) is 4.79 Å². The SMILES string of the molecule is CN(C(=O)c1csc2ccccc12)C1CCNCC1.Cl. The number of carbonyl (C=O) groups is 1. The van der Waals surface area contributed by atoms with Gasteiger partial charge in [-0.05, 0) is 32.0 Å². The first-order chi connectivity index (χ1) is 9.27. The van der Waals surface area contributed by atoms with Crippen LogP contribution in [0.4, 0.5) is 0 Å². The van der Waals surface area contributed by atoms with E-state index in [4.69, 9.17) is 0 Å². The van der Waals surface area contributed by atoms with Crippen molar-refractivity contribution in [1.29, 1.82) is 0 Å². The lowest BCUT2D eigenvalue weighted by atomic mass is 10.0. The van der Waals surface area contributed by atoms with Gasteiger partial charge in [-0.2, -0.15) is 0 Å². The first-order valence-corrected chi connectivity index (χ1v) is 7.59. The molecule has 1 fully saturated rings. The molecule has 0 unspecified atom stereocenters. The van der Waals surface area contributed by atoms with E-state index in [1.807, 2.05) is 35.5 Å². The number of fused-ring (bicyclic) bond motifs is 1. The number of thiophene rings is 1. The molecule has 1 aliphatic rings. The summed E-state index contributed by atoms with van der Waals surface area (Å²) >= 11 is 1.65. The summed E-state index contributed by atoms with van der Waals surface area (Å²) in [5, 5.41) is 6.41. The lowest BCUT2D eigenvalue weighted by Gasteiger charge is -2.31. The van der Waals surface area contributed by atoms with Crippen LogP contribution in [0.2, 0.25) is 0 Å². The molecule has 0 saturated carbocycles. The third-order valence-electron chi connectivity index (χ3n) is 3.89.